The molecule has 1 atom stereocenters. The first-order valence-corrected chi connectivity index (χ1v) is 6.14. The zero-order valence-corrected chi connectivity index (χ0v) is 9.93. The standard InChI is InChI=1S/C11H10F2N2OS/c1-6-2-3-8-9(14-6)17-10(16)15(8)5-7-4-11(7,12)13/h2-3,7H,4-5H2,1H3. The van der Waals surface area contributed by atoms with E-state index in [4.69, 9.17) is 0 Å². The van der Waals surface area contributed by atoms with E-state index in [1.807, 2.05) is 6.92 Å². The molecule has 1 fully saturated rings. The van der Waals surface area contributed by atoms with Gasteiger partial charge in [-0.3, -0.25) is 9.36 Å². The molecule has 0 N–H and O–H groups in total. The van der Waals surface area contributed by atoms with E-state index in [0.29, 0.717) is 10.3 Å². The second-order valence-corrected chi connectivity index (χ2v) is 5.36. The summed E-state index contributed by atoms with van der Waals surface area (Å²) in [5, 5.41) is 0. The Morgan fingerprint density at radius 1 is 1.59 bits per heavy atom. The highest BCUT2D eigenvalue weighted by molar-refractivity contribution is 7.16. The number of fused-ring (bicyclic) bond motifs is 1. The quantitative estimate of drug-likeness (QED) is 0.827. The SMILES string of the molecule is Cc1ccc2c(n1)sc(=O)n2CC1CC1(F)F. The lowest BCUT2D eigenvalue weighted by molar-refractivity contribution is 0.0953. The van der Waals surface area contributed by atoms with Crippen LogP contribution in [-0.2, 0) is 6.54 Å². The molecule has 0 radical (unpaired) electrons. The Morgan fingerprint density at radius 3 is 2.94 bits per heavy atom. The van der Waals surface area contributed by atoms with Crippen LogP contribution in [0.1, 0.15) is 12.1 Å². The Morgan fingerprint density at radius 2 is 2.29 bits per heavy atom. The van der Waals surface area contributed by atoms with Crippen molar-refractivity contribution in [2.75, 3.05) is 0 Å². The Labute approximate surface area is 99.7 Å². The molecule has 6 heteroatoms. The monoisotopic (exact) mass is 256 g/mol. The number of aryl methyl sites for hydroxylation is 1. The van der Waals surface area contributed by atoms with Gasteiger partial charge in [-0.1, -0.05) is 11.3 Å². The van der Waals surface area contributed by atoms with Crippen molar-refractivity contribution in [2.45, 2.75) is 25.8 Å². The van der Waals surface area contributed by atoms with Crippen molar-refractivity contribution in [3.63, 3.8) is 0 Å². The summed E-state index contributed by atoms with van der Waals surface area (Å²) in [6.45, 7) is 1.93. The first-order chi connectivity index (χ1) is 7.97. The van der Waals surface area contributed by atoms with Crippen LogP contribution in [0.2, 0.25) is 0 Å². The van der Waals surface area contributed by atoms with Gasteiger partial charge in [0.25, 0.3) is 5.92 Å². The molecule has 2 aromatic heterocycles. The highest BCUT2D eigenvalue weighted by Crippen LogP contribution is 2.49. The van der Waals surface area contributed by atoms with Crippen LogP contribution >= 0.6 is 11.3 Å². The van der Waals surface area contributed by atoms with Crippen LogP contribution in [0.3, 0.4) is 0 Å². The zero-order valence-electron chi connectivity index (χ0n) is 9.11. The van der Waals surface area contributed by atoms with Crippen LogP contribution in [0, 0.1) is 12.8 Å². The highest BCUT2D eigenvalue weighted by Gasteiger charge is 2.56. The molecule has 90 valence electrons. The van der Waals surface area contributed by atoms with Gasteiger partial charge in [0.2, 0.25) is 0 Å². The van der Waals surface area contributed by atoms with Gasteiger partial charge in [0, 0.05) is 24.6 Å². The van der Waals surface area contributed by atoms with Crippen molar-refractivity contribution in [1.29, 1.82) is 0 Å². The van der Waals surface area contributed by atoms with E-state index in [1.54, 1.807) is 12.1 Å². The molecule has 3 nitrogen and oxygen atoms in total. The van der Waals surface area contributed by atoms with Crippen LogP contribution in [0.25, 0.3) is 10.3 Å². The van der Waals surface area contributed by atoms with Crippen LogP contribution in [-0.4, -0.2) is 15.5 Å². The molecule has 1 saturated carbocycles. The van der Waals surface area contributed by atoms with E-state index in [9.17, 15) is 13.6 Å². The fourth-order valence-electron chi connectivity index (χ4n) is 1.90. The third kappa shape index (κ3) is 1.76. The summed E-state index contributed by atoms with van der Waals surface area (Å²) in [5.41, 5.74) is 1.48. The van der Waals surface area contributed by atoms with E-state index in [-0.39, 0.29) is 17.8 Å². The summed E-state index contributed by atoms with van der Waals surface area (Å²) < 4.78 is 27.1. The number of alkyl halides is 2. The molecule has 0 spiro atoms. The molecule has 17 heavy (non-hydrogen) atoms. The number of halogens is 2. The molecule has 0 bridgehead atoms. The molecule has 0 aliphatic heterocycles. The van der Waals surface area contributed by atoms with Crippen molar-refractivity contribution in [3.8, 4) is 0 Å². The maximum Gasteiger partial charge on any atom is 0.309 e. The number of hydrogen-bond acceptors (Lipinski definition) is 3. The van der Waals surface area contributed by atoms with Gasteiger partial charge >= 0.3 is 4.87 Å². The molecule has 0 saturated heterocycles. The van der Waals surface area contributed by atoms with Gasteiger partial charge in [-0.25, -0.2) is 13.8 Å². The Balaban J connectivity index is 2.04. The first-order valence-electron chi connectivity index (χ1n) is 5.32. The third-order valence-corrected chi connectivity index (χ3v) is 3.92. The summed E-state index contributed by atoms with van der Waals surface area (Å²) >= 11 is 1.01. The minimum absolute atomic E-state index is 0.0938. The number of thiazole rings is 1. The molecular weight excluding hydrogens is 246 g/mol. The van der Waals surface area contributed by atoms with Gasteiger partial charge in [-0.05, 0) is 19.1 Å². The van der Waals surface area contributed by atoms with E-state index >= 15 is 0 Å². The van der Waals surface area contributed by atoms with Crippen LogP contribution < -0.4 is 4.87 Å². The normalized spacial score (nSPS) is 21.9. The van der Waals surface area contributed by atoms with Crippen LogP contribution in [0.4, 0.5) is 8.78 Å². The summed E-state index contributed by atoms with van der Waals surface area (Å²) in [4.78, 5) is 16.4. The number of rotatable bonds is 2. The van der Waals surface area contributed by atoms with Gasteiger partial charge < -0.3 is 0 Å². The van der Waals surface area contributed by atoms with Crippen molar-refractivity contribution >= 4 is 21.7 Å². The number of aromatic nitrogens is 2. The molecule has 2 aromatic rings. The molecule has 3 rings (SSSR count). The number of pyridine rings is 1. The van der Waals surface area contributed by atoms with E-state index in [1.165, 1.54) is 4.57 Å². The van der Waals surface area contributed by atoms with Gasteiger partial charge in [-0.15, -0.1) is 0 Å². The minimum atomic E-state index is -2.59. The summed E-state index contributed by atoms with van der Waals surface area (Å²) in [5.74, 6) is -3.29. The van der Waals surface area contributed by atoms with Crippen LogP contribution in [0.5, 0.6) is 0 Å². The first kappa shape index (κ1) is 10.8. The van der Waals surface area contributed by atoms with Crippen molar-refractivity contribution < 1.29 is 8.78 Å². The Kier molecular flexibility index (Phi) is 2.13. The fourth-order valence-corrected chi connectivity index (χ4v) is 2.82. The Hall–Kier alpha value is -1.30. The molecule has 1 aliphatic carbocycles. The number of hydrogen-bond donors (Lipinski definition) is 0. The maximum absolute atomic E-state index is 12.9. The van der Waals surface area contributed by atoms with Crippen molar-refractivity contribution in [3.05, 3.63) is 27.5 Å². The smallest absolute Gasteiger partial charge is 0.297 e. The second-order valence-electron chi connectivity index (χ2n) is 4.42. The van der Waals surface area contributed by atoms with Gasteiger partial charge in [0.1, 0.15) is 4.83 Å². The second kappa shape index (κ2) is 3.35. The summed E-state index contributed by atoms with van der Waals surface area (Å²) in [7, 11) is 0. The highest BCUT2D eigenvalue weighted by atomic mass is 32.1. The lowest BCUT2D eigenvalue weighted by Gasteiger charge is -2.02. The van der Waals surface area contributed by atoms with Crippen molar-refractivity contribution in [2.24, 2.45) is 5.92 Å². The van der Waals surface area contributed by atoms with Crippen LogP contribution in [0.15, 0.2) is 16.9 Å². The van der Waals surface area contributed by atoms with E-state index in [2.05, 4.69) is 4.98 Å². The predicted octanol–water partition coefficient (Wildman–Crippen LogP) is 2.42. The third-order valence-electron chi connectivity index (χ3n) is 3.03. The lowest BCUT2D eigenvalue weighted by Crippen LogP contribution is -2.15. The van der Waals surface area contributed by atoms with Crippen molar-refractivity contribution in [1.82, 2.24) is 9.55 Å². The zero-order chi connectivity index (χ0) is 12.2. The van der Waals surface area contributed by atoms with E-state index < -0.39 is 11.8 Å². The molecular formula is C11H10F2N2OS. The molecule has 0 amide bonds. The summed E-state index contributed by atoms with van der Waals surface area (Å²) in [6.07, 6.45) is -0.115. The topological polar surface area (TPSA) is 34.9 Å². The van der Waals surface area contributed by atoms with Gasteiger partial charge in [-0.2, -0.15) is 0 Å². The average Bonchev–Trinajstić information content (AvgIpc) is 2.71. The average molecular weight is 256 g/mol. The van der Waals surface area contributed by atoms with Gasteiger partial charge in [0.05, 0.1) is 5.52 Å². The minimum Gasteiger partial charge on any atom is -0.297 e. The predicted molar refractivity (Wildman–Crippen MR) is 61.7 cm³/mol. The maximum atomic E-state index is 12.9. The fraction of sp³-hybridized carbons (Fsp3) is 0.455. The van der Waals surface area contributed by atoms with Gasteiger partial charge in [0.15, 0.2) is 0 Å². The molecule has 1 aliphatic rings. The lowest BCUT2D eigenvalue weighted by atomic mass is 10.3. The summed E-state index contributed by atoms with van der Waals surface area (Å²) in [6, 6.07) is 3.56. The number of nitrogens with zero attached hydrogens (tertiary/aromatic N) is 2. The molecule has 0 aromatic carbocycles. The molecule has 2 heterocycles. The Bertz CT molecular complexity index is 646. The molecule has 1 unspecified atom stereocenters. The van der Waals surface area contributed by atoms with E-state index in [0.717, 1.165) is 17.0 Å². The largest absolute Gasteiger partial charge is 0.309 e.